The van der Waals surface area contributed by atoms with Gasteiger partial charge in [-0.3, -0.25) is 14.4 Å². The topological polar surface area (TPSA) is 94.5 Å². The summed E-state index contributed by atoms with van der Waals surface area (Å²) in [6.45, 7) is 6.31. The number of alkyl halides is 3. The van der Waals surface area contributed by atoms with Crippen LogP contribution in [0.4, 0.5) is 30.6 Å². The van der Waals surface area contributed by atoms with Crippen molar-refractivity contribution >= 4 is 23.4 Å². The summed E-state index contributed by atoms with van der Waals surface area (Å²) in [5.74, 6) is -0.188. The van der Waals surface area contributed by atoms with E-state index in [1.165, 1.54) is 0 Å². The second-order valence-corrected chi connectivity index (χ2v) is 9.64. The maximum absolute atomic E-state index is 13.6. The normalized spacial score (nSPS) is 20.1. The van der Waals surface area contributed by atoms with Crippen LogP contribution in [0.3, 0.4) is 0 Å². The minimum atomic E-state index is -4.60. The van der Waals surface area contributed by atoms with Crippen LogP contribution in [-0.2, 0) is 11.0 Å². The van der Waals surface area contributed by atoms with Crippen molar-refractivity contribution in [1.82, 2.24) is 34.4 Å². The van der Waals surface area contributed by atoms with Crippen LogP contribution in [0.2, 0.25) is 0 Å². The van der Waals surface area contributed by atoms with Gasteiger partial charge in [-0.05, 0) is 46.8 Å². The smallest absolute Gasteiger partial charge is 0.369 e. The van der Waals surface area contributed by atoms with Gasteiger partial charge >= 0.3 is 6.18 Å². The van der Waals surface area contributed by atoms with Crippen LogP contribution in [0, 0.1) is 6.92 Å². The molecule has 4 rings (SSSR count). The summed E-state index contributed by atoms with van der Waals surface area (Å²) in [7, 11) is 3.96. The number of nitrogens with zero attached hydrogens (tertiary/aromatic N) is 7. The fourth-order valence-corrected chi connectivity index (χ4v) is 4.60. The summed E-state index contributed by atoms with van der Waals surface area (Å²) in [5, 5.41) is 10.4. The Labute approximate surface area is 208 Å². The molecule has 0 radical (unpaired) electrons. The number of amides is 1. The molecule has 2 aromatic rings. The maximum Gasteiger partial charge on any atom is 0.421 e. The number of hydrogen-bond donors (Lipinski definition) is 2. The van der Waals surface area contributed by atoms with E-state index in [9.17, 15) is 18.0 Å². The summed E-state index contributed by atoms with van der Waals surface area (Å²) in [6.07, 6.45) is 0.410. The highest BCUT2D eigenvalue weighted by atomic mass is 19.4. The Bertz CT molecular complexity index is 1060. The average Bonchev–Trinajstić information content (AvgIpc) is 3.35. The molecule has 1 unspecified atom stereocenters. The van der Waals surface area contributed by atoms with Gasteiger partial charge in [-0.1, -0.05) is 0 Å². The lowest BCUT2D eigenvalue weighted by Crippen LogP contribution is -2.36. The number of likely N-dealkylation sites (tertiary alicyclic amines) is 1. The molecule has 2 fully saturated rings. The van der Waals surface area contributed by atoms with Crippen molar-refractivity contribution in [3.05, 3.63) is 23.7 Å². The van der Waals surface area contributed by atoms with Gasteiger partial charge in [0.05, 0.1) is 24.0 Å². The van der Waals surface area contributed by atoms with Crippen LogP contribution in [0.15, 0.2) is 12.4 Å². The van der Waals surface area contributed by atoms with Gasteiger partial charge in [0, 0.05) is 45.1 Å². The van der Waals surface area contributed by atoms with Gasteiger partial charge in [0.2, 0.25) is 11.9 Å². The van der Waals surface area contributed by atoms with Crippen molar-refractivity contribution in [2.45, 2.75) is 38.4 Å². The number of likely N-dealkylation sites (N-methyl/N-ethyl adjacent to an activating group) is 2. The lowest BCUT2D eigenvalue weighted by molar-refractivity contribution is -0.137. The highest BCUT2D eigenvalue weighted by Gasteiger charge is 2.35. The first-order valence-corrected chi connectivity index (χ1v) is 12.3. The van der Waals surface area contributed by atoms with Gasteiger partial charge in [-0.25, -0.2) is 4.98 Å². The molecule has 2 aliphatic heterocycles. The third kappa shape index (κ3) is 6.44. The van der Waals surface area contributed by atoms with Crippen molar-refractivity contribution in [2.24, 2.45) is 0 Å². The predicted octanol–water partition coefficient (Wildman–Crippen LogP) is 2.59. The SMILES string of the molecule is Cc1nn(C2CCN(C)C2)cc1Nc1ncc(C(F)(F)F)c(NCCCN2CCCN(C)CC2=O)n1. The number of aryl methyl sites for hydroxylation is 1. The molecule has 36 heavy (non-hydrogen) atoms. The molecule has 13 heteroatoms. The number of aromatic nitrogens is 4. The zero-order valence-corrected chi connectivity index (χ0v) is 21.0. The summed E-state index contributed by atoms with van der Waals surface area (Å²) < 4.78 is 42.7. The zero-order chi connectivity index (χ0) is 25.9. The minimum absolute atomic E-state index is 0.0414. The summed E-state index contributed by atoms with van der Waals surface area (Å²) >= 11 is 0. The molecule has 2 aliphatic rings. The van der Waals surface area contributed by atoms with Gasteiger partial charge in [-0.2, -0.15) is 23.3 Å². The number of halogens is 3. The van der Waals surface area contributed by atoms with Crippen LogP contribution >= 0.6 is 0 Å². The monoisotopic (exact) mass is 509 g/mol. The van der Waals surface area contributed by atoms with E-state index in [1.807, 2.05) is 29.7 Å². The van der Waals surface area contributed by atoms with E-state index in [0.717, 1.165) is 44.4 Å². The zero-order valence-electron chi connectivity index (χ0n) is 21.0. The van der Waals surface area contributed by atoms with Crippen LogP contribution < -0.4 is 10.6 Å². The van der Waals surface area contributed by atoms with Crippen LogP contribution in [-0.4, -0.2) is 100 Å². The van der Waals surface area contributed by atoms with Gasteiger partial charge < -0.3 is 20.4 Å². The van der Waals surface area contributed by atoms with Crippen molar-refractivity contribution in [2.75, 3.05) is 70.5 Å². The molecule has 0 aromatic carbocycles. The van der Waals surface area contributed by atoms with Gasteiger partial charge in [0.1, 0.15) is 11.4 Å². The molecule has 1 amide bonds. The van der Waals surface area contributed by atoms with Gasteiger partial charge in [0.15, 0.2) is 0 Å². The van der Waals surface area contributed by atoms with E-state index < -0.39 is 11.7 Å². The van der Waals surface area contributed by atoms with E-state index in [2.05, 4.69) is 37.6 Å². The minimum Gasteiger partial charge on any atom is -0.369 e. The summed E-state index contributed by atoms with van der Waals surface area (Å²) in [6, 6.07) is 0.256. The highest BCUT2D eigenvalue weighted by molar-refractivity contribution is 5.78. The van der Waals surface area contributed by atoms with Gasteiger partial charge in [0.25, 0.3) is 0 Å². The van der Waals surface area contributed by atoms with E-state index >= 15 is 0 Å². The molecule has 0 saturated carbocycles. The van der Waals surface area contributed by atoms with E-state index in [4.69, 9.17) is 0 Å². The first-order chi connectivity index (χ1) is 17.1. The molecule has 10 nitrogen and oxygen atoms in total. The third-order valence-electron chi connectivity index (χ3n) is 6.62. The maximum atomic E-state index is 13.6. The molecule has 2 aromatic heterocycles. The number of carbonyl (C=O) groups is 1. The number of nitrogens with one attached hydrogen (secondary N) is 2. The Morgan fingerprint density at radius 1 is 1.17 bits per heavy atom. The van der Waals surface area contributed by atoms with Crippen molar-refractivity contribution in [3.8, 4) is 0 Å². The molecule has 2 saturated heterocycles. The number of rotatable bonds is 8. The molecule has 1 atom stereocenters. The van der Waals surface area contributed by atoms with Crippen LogP contribution in [0.25, 0.3) is 0 Å². The Morgan fingerprint density at radius 3 is 2.69 bits per heavy atom. The fourth-order valence-electron chi connectivity index (χ4n) is 4.60. The van der Waals surface area contributed by atoms with E-state index in [1.54, 1.807) is 4.90 Å². The Hall–Kier alpha value is -2.93. The highest BCUT2D eigenvalue weighted by Crippen LogP contribution is 2.34. The first-order valence-electron chi connectivity index (χ1n) is 12.3. The number of anilines is 3. The standard InChI is InChI=1S/C23H34F3N9O/c1-16-19(14-35(31-16)17-6-11-33(3)13-17)29-22-28-12-18(23(24,25)26)21(30-22)27-7-4-9-34-10-5-8-32(2)15-20(34)36/h12,14,17H,4-11,13,15H2,1-3H3,(H2,27,28,29,30). The summed E-state index contributed by atoms with van der Waals surface area (Å²) in [4.78, 5) is 26.3. The third-order valence-corrected chi connectivity index (χ3v) is 6.62. The van der Waals surface area contributed by atoms with Crippen LogP contribution in [0.1, 0.15) is 36.6 Å². The second kappa shape index (κ2) is 11.0. The molecule has 0 bridgehead atoms. The average molecular weight is 510 g/mol. The quantitative estimate of drug-likeness (QED) is 0.525. The van der Waals surface area contributed by atoms with E-state index in [0.29, 0.717) is 31.7 Å². The van der Waals surface area contributed by atoms with Crippen molar-refractivity contribution in [3.63, 3.8) is 0 Å². The van der Waals surface area contributed by atoms with Gasteiger partial charge in [-0.15, -0.1) is 0 Å². The summed E-state index contributed by atoms with van der Waals surface area (Å²) in [5.41, 5.74) is 0.442. The molecule has 0 aliphatic carbocycles. The Morgan fingerprint density at radius 2 is 1.97 bits per heavy atom. The van der Waals surface area contributed by atoms with E-state index in [-0.39, 0.29) is 30.3 Å². The van der Waals surface area contributed by atoms with Crippen LogP contribution in [0.5, 0.6) is 0 Å². The van der Waals surface area contributed by atoms with Crippen molar-refractivity contribution < 1.29 is 18.0 Å². The lowest BCUT2D eigenvalue weighted by Gasteiger charge is -2.21. The second-order valence-electron chi connectivity index (χ2n) is 9.64. The Balaban J connectivity index is 1.41. The Kier molecular flexibility index (Phi) is 7.98. The molecule has 198 valence electrons. The number of hydrogen-bond acceptors (Lipinski definition) is 8. The number of carbonyl (C=O) groups excluding carboxylic acids is 1. The predicted molar refractivity (Wildman–Crippen MR) is 130 cm³/mol. The molecule has 4 heterocycles. The lowest BCUT2D eigenvalue weighted by atomic mass is 10.3. The first kappa shape index (κ1) is 26.1. The fraction of sp³-hybridized carbons (Fsp3) is 0.652. The molecular weight excluding hydrogens is 475 g/mol. The molecular formula is C23H34F3N9O. The molecule has 0 spiro atoms. The largest absolute Gasteiger partial charge is 0.421 e. The molecule has 2 N–H and O–H groups in total. The van der Waals surface area contributed by atoms with Crippen molar-refractivity contribution in [1.29, 1.82) is 0 Å².